The van der Waals surface area contributed by atoms with Gasteiger partial charge in [0.1, 0.15) is 11.5 Å². The molecule has 0 aromatic heterocycles. The van der Waals surface area contributed by atoms with Crippen molar-refractivity contribution in [3.8, 4) is 11.5 Å². The van der Waals surface area contributed by atoms with Crippen molar-refractivity contribution in [3.05, 3.63) is 23.8 Å². The first-order valence-electron chi connectivity index (χ1n) is 5.90. The summed E-state index contributed by atoms with van der Waals surface area (Å²) in [4.78, 5) is 11.3. The van der Waals surface area contributed by atoms with E-state index in [1.54, 1.807) is 6.92 Å². The Balaban J connectivity index is 2.90. The van der Waals surface area contributed by atoms with E-state index >= 15 is 0 Å². The van der Waals surface area contributed by atoms with Gasteiger partial charge in [-0.05, 0) is 31.0 Å². The van der Waals surface area contributed by atoms with E-state index in [0.29, 0.717) is 5.56 Å². The van der Waals surface area contributed by atoms with Crippen LogP contribution in [0.15, 0.2) is 18.2 Å². The molecule has 0 aliphatic carbocycles. The van der Waals surface area contributed by atoms with E-state index in [9.17, 15) is 15.0 Å². The number of hydrogen-bond donors (Lipinski definition) is 4. The summed E-state index contributed by atoms with van der Waals surface area (Å²) >= 11 is 0. The molecule has 5 heteroatoms. The summed E-state index contributed by atoms with van der Waals surface area (Å²) in [5, 5.41) is 22.2. The summed E-state index contributed by atoms with van der Waals surface area (Å²) in [5.41, 5.74) is 5.85. The number of carbonyl (C=O) groups excluding carboxylic acids is 1. The smallest absolute Gasteiger partial charge is 0.234 e. The van der Waals surface area contributed by atoms with Crippen molar-refractivity contribution in [2.45, 2.75) is 32.9 Å². The van der Waals surface area contributed by atoms with E-state index in [4.69, 9.17) is 5.73 Å². The minimum absolute atomic E-state index is 0.0457. The van der Waals surface area contributed by atoms with Gasteiger partial charge in [0.15, 0.2) is 0 Å². The zero-order chi connectivity index (χ0) is 13.9. The highest BCUT2D eigenvalue weighted by atomic mass is 16.3. The average Bonchev–Trinajstić information content (AvgIpc) is 2.28. The molecule has 18 heavy (non-hydrogen) atoms. The van der Waals surface area contributed by atoms with Gasteiger partial charge in [-0.25, -0.2) is 0 Å². The van der Waals surface area contributed by atoms with Gasteiger partial charge in [0.05, 0.1) is 6.04 Å². The molecule has 0 saturated carbocycles. The second-order valence-corrected chi connectivity index (χ2v) is 4.76. The molecule has 0 radical (unpaired) electrons. The van der Waals surface area contributed by atoms with Gasteiger partial charge in [-0.2, -0.15) is 0 Å². The number of nitrogens with two attached hydrogens (primary N) is 1. The van der Waals surface area contributed by atoms with Crippen molar-refractivity contribution in [2.75, 3.05) is 0 Å². The van der Waals surface area contributed by atoms with Crippen molar-refractivity contribution >= 4 is 5.91 Å². The van der Waals surface area contributed by atoms with Gasteiger partial charge in [-0.1, -0.05) is 13.8 Å². The van der Waals surface area contributed by atoms with Gasteiger partial charge < -0.3 is 15.9 Å². The fourth-order valence-corrected chi connectivity index (χ4v) is 1.85. The number of carbonyl (C=O) groups is 1. The number of amides is 1. The summed E-state index contributed by atoms with van der Waals surface area (Å²) in [6.07, 6.45) is 0. The summed E-state index contributed by atoms with van der Waals surface area (Å²) in [7, 11) is 0. The molecule has 0 heterocycles. The maximum atomic E-state index is 11.3. The van der Waals surface area contributed by atoms with E-state index in [2.05, 4.69) is 5.32 Å². The van der Waals surface area contributed by atoms with Crippen LogP contribution in [0.2, 0.25) is 0 Å². The maximum absolute atomic E-state index is 11.3. The first-order chi connectivity index (χ1) is 8.32. The predicted molar refractivity (Wildman–Crippen MR) is 69.1 cm³/mol. The molecule has 5 nitrogen and oxygen atoms in total. The molecule has 0 saturated heterocycles. The molecule has 100 valence electrons. The third kappa shape index (κ3) is 3.37. The van der Waals surface area contributed by atoms with Crippen molar-refractivity contribution in [1.29, 1.82) is 0 Å². The Morgan fingerprint density at radius 1 is 1.28 bits per heavy atom. The van der Waals surface area contributed by atoms with Gasteiger partial charge in [-0.15, -0.1) is 0 Å². The Hall–Kier alpha value is -1.75. The predicted octanol–water partition coefficient (Wildman–Crippen LogP) is 1.26. The Bertz CT molecular complexity index is 432. The second-order valence-electron chi connectivity index (χ2n) is 4.76. The standard InChI is InChI=1S/C13H20N2O3/c1-7(2)12(13(14)18)15-8(3)10-6-9(16)4-5-11(10)17/h4-8,12,15-17H,1-3H3,(H2,14,18). The van der Waals surface area contributed by atoms with E-state index < -0.39 is 11.9 Å². The van der Waals surface area contributed by atoms with E-state index in [-0.39, 0.29) is 23.5 Å². The molecule has 0 fully saturated rings. The van der Waals surface area contributed by atoms with Crippen molar-refractivity contribution in [1.82, 2.24) is 5.32 Å². The zero-order valence-corrected chi connectivity index (χ0v) is 10.8. The lowest BCUT2D eigenvalue weighted by Gasteiger charge is -2.24. The number of phenols is 2. The number of nitrogens with one attached hydrogen (secondary N) is 1. The molecule has 0 bridgehead atoms. The van der Waals surface area contributed by atoms with Crippen LogP contribution in [0.3, 0.4) is 0 Å². The lowest BCUT2D eigenvalue weighted by molar-refractivity contribution is -0.121. The highest BCUT2D eigenvalue weighted by Crippen LogP contribution is 2.28. The van der Waals surface area contributed by atoms with Crippen LogP contribution in [0.25, 0.3) is 0 Å². The Labute approximate surface area is 107 Å². The van der Waals surface area contributed by atoms with Gasteiger partial charge in [0.25, 0.3) is 0 Å². The summed E-state index contributed by atoms with van der Waals surface area (Å²) in [5.74, 6) is -0.253. The molecule has 1 aromatic carbocycles. The normalized spacial score (nSPS) is 14.4. The number of aromatic hydroxyl groups is 2. The maximum Gasteiger partial charge on any atom is 0.234 e. The molecule has 5 N–H and O–H groups in total. The number of benzene rings is 1. The number of hydrogen-bond acceptors (Lipinski definition) is 4. The Morgan fingerprint density at radius 2 is 1.89 bits per heavy atom. The topological polar surface area (TPSA) is 95.6 Å². The largest absolute Gasteiger partial charge is 0.508 e. The zero-order valence-electron chi connectivity index (χ0n) is 10.8. The molecule has 2 atom stereocenters. The minimum atomic E-state index is -0.484. The second kappa shape index (κ2) is 5.73. The monoisotopic (exact) mass is 252 g/mol. The van der Waals surface area contributed by atoms with Crippen LogP contribution >= 0.6 is 0 Å². The molecular weight excluding hydrogens is 232 g/mol. The molecular formula is C13H20N2O3. The van der Waals surface area contributed by atoms with Crippen LogP contribution in [0, 0.1) is 5.92 Å². The number of primary amides is 1. The van der Waals surface area contributed by atoms with Gasteiger partial charge >= 0.3 is 0 Å². The van der Waals surface area contributed by atoms with Crippen molar-refractivity contribution in [3.63, 3.8) is 0 Å². The van der Waals surface area contributed by atoms with Crippen LogP contribution in [0.1, 0.15) is 32.4 Å². The Morgan fingerprint density at radius 3 is 2.39 bits per heavy atom. The van der Waals surface area contributed by atoms with Crippen LogP contribution in [0.5, 0.6) is 11.5 Å². The summed E-state index contributed by atoms with van der Waals surface area (Å²) in [6.45, 7) is 5.57. The highest BCUT2D eigenvalue weighted by Gasteiger charge is 2.23. The van der Waals surface area contributed by atoms with Gasteiger partial charge in [0.2, 0.25) is 5.91 Å². The molecule has 2 unspecified atom stereocenters. The molecule has 0 aliphatic rings. The van der Waals surface area contributed by atoms with Crippen molar-refractivity contribution in [2.24, 2.45) is 11.7 Å². The fourth-order valence-electron chi connectivity index (χ4n) is 1.85. The lowest BCUT2D eigenvalue weighted by Crippen LogP contribution is -2.45. The van der Waals surface area contributed by atoms with Crippen LogP contribution < -0.4 is 11.1 Å². The average molecular weight is 252 g/mol. The number of phenolic OH excluding ortho intramolecular Hbond substituents is 2. The first-order valence-corrected chi connectivity index (χ1v) is 5.90. The summed E-state index contributed by atoms with van der Waals surface area (Å²) < 4.78 is 0. The lowest BCUT2D eigenvalue weighted by atomic mass is 10.00. The number of rotatable bonds is 5. The molecule has 0 aliphatic heterocycles. The van der Waals surface area contributed by atoms with Crippen molar-refractivity contribution < 1.29 is 15.0 Å². The van der Waals surface area contributed by atoms with Gasteiger partial charge in [-0.3, -0.25) is 10.1 Å². The van der Waals surface area contributed by atoms with Crippen LogP contribution in [0.4, 0.5) is 0 Å². The van der Waals surface area contributed by atoms with E-state index in [1.807, 2.05) is 13.8 Å². The molecule has 1 rings (SSSR count). The van der Waals surface area contributed by atoms with E-state index in [1.165, 1.54) is 18.2 Å². The Kier molecular flexibility index (Phi) is 4.55. The highest BCUT2D eigenvalue weighted by molar-refractivity contribution is 5.80. The quantitative estimate of drug-likeness (QED) is 0.593. The molecule has 0 spiro atoms. The van der Waals surface area contributed by atoms with Crippen LogP contribution in [-0.4, -0.2) is 22.2 Å². The third-order valence-corrected chi connectivity index (χ3v) is 2.88. The van der Waals surface area contributed by atoms with E-state index in [0.717, 1.165) is 0 Å². The van der Waals surface area contributed by atoms with Crippen LogP contribution in [-0.2, 0) is 4.79 Å². The van der Waals surface area contributed by atoms with Gasteiger partial charge in [0, 0.05) is 11.6 Å². The molecule has 1 amide bonds. The SMILES string of the molecule is CC(NC(C(N)=O)C(C)C)c1cc(O)ccc1O. The first kappa shape index (κ1) is 14.3. The fraction of sp³-hybridized carbons (Fsp3) is 0.462. The molecule has 1 aromatic rings. The minimum Gasteiger partial charge on any atom is -0.508 e. The summed E-state index contributed by atoms with van der Waals surface area (Å²) in [6, 6.07) is 3.50. The third-order valence-electron chi connectivity index (χ3n) is 2.88.